The first kappa shape index (κ1) is 16.3. The van der Waals surface area contributed by atoms with Crippen LogP contribution in [0.1, 0.15) is 11.1 Å². The molecule has 0 aliphatic heterocycles. The van der Waals surface area contributed by atoms with Crippen LogP contribution in [0.25, 0.3) is 11.0 Å². The Bertz CT molecular complexity index is 944. The molecule has 24 heavy (non-hydrogen) atoms. The van der Waals surface area contributed by atoms with Gasteiger partial charge in [0.25, 0.3) is 0 Å². The molecule has 2 aromatic carbocycles. The van der Waals surface area contributed by atoms with Crippen LogP contribution in [0.2, 0.25) is 0 Å². The molecule has 0 unspecified atom stereocenters. The van der Waals surface area contributed by atoms with Gasteiger partial charge in [-0.05, 0) is 29.8 Å². The maximum absolute atomic E-state index is 12.0. The van der Waals surface area contributed by atoms with Gasteiger partial charge in [0.1, 0.15) is 17.9 Å². The van der Waals surface area contributed by atoms with Gasteiger partial charge in [-0.2, -0.15) is 0 Å². The van der Waals surface area contributed by atoms with Crippen LogP contribution in [0.3, 0.4) is 0 Å². The molecule has 0 bridgehead atoms. The Morgan fingerprint density at radius 1 is 1.12 bits per heavy atom. The number of rotatable bonds is 4. The topological polar surface area (TPSA) is 76.7 Å². The van der Waals surface area contributed by atoms with E-state index >= 15 is 0 Å². The second kappa shape index (κ2) is 6.88. The minimum atomic E-state index is -0.563. The van der Waals surface area contributed by atoms with Crippen molar-refractivity contribution in [1.82, 2.24) is 0 Å². The molecule has 1 heterocycles. The highest BCUT2D eigenvalue weighted by Gasteiger charge is 2.10. The molecule has 1 N–H and O–H groups in total. The van der Waals surface area contributed by atoms with Gasteiger partial charge in [0.05, 0.1) is 6.42 Å². The van der Waals surface area contributed by atoms with Gasteiger partial charge in [-0.25, -0.2) is 4.79 Å². The number of benzene rings is 2. The summed E-state index contributed by atoms with van der Waals surface area (Å²) in [4.78, 5) is 23.6. The van der Waals surface area contributed by atoms with E-state index in [-0.39, 0.29) is 24.4 Å². The normalized spacial score (nSPS) is 10.7. The molecule has 0 spiro atoms. The molecule has 0 saturated heterocycles. The summed E-state index contributed by atoms with van der Waals surface area (Å²) in [7, 11) is 0. The Morgan fingerprint density at radius 3 is 2.62 bits per heavy atom. The van der Waals surface area contributed by atoms with Crippen LogP contribution in [-0.4, -0.2) is 11.1 Å². The first-order valence-corrected chi connectivity index (χ1v) is 7.96. The summed E-state index contributed by atoms with van der Waals surface area (Å²) < 4.78 is 11.2. The van der Waals surface area contributed by atoms with Crippen molar-refractivity contribution < 1.29 is 19.1 Å². The number of phenolic OH excluding ortho intramolecular Hbond substituents is 1. The molecule has 0 saturated carbocycles. The highest BCUT2D eigenvalue weighted by Crippen LogP contribution is 2.22. The Kier molecular flexibility index (Phi) is 4.66. The van der Waals surface area contributed by atoms with Crippen molar-refractivity contribution in [1.29, 1.82) is 0 Å². The number of halogens is 1. The monoisotopic (exact) mass is 388 g/mol. The summed E-state index contributed by atoms with van der Waals surface area (Å²) in [5, 5.41) is 10.1. The first-order chi connectivity index (χ1) is 11.5. The summed E-state index contributed by atoms with van der Waals surface area (Å²) in [6.07, 6.45) is 0.146. The lowest BCUT2D eigenvalue weighted by Crippen LogP contribution is -2.09. The first-order valence-electron chi connectivity index (χ1n) is 7.17. The number of fused-ring (bicyclic) bond motifs is 1. The maximum atomic E-state index is 12.0. The number of ether oxygens (including phenoxy) is 1. The smallest absolute Gasteiger partial charge is 0.336 e. The fraction of sp³-hybridized carbons (Fsp3) is 0.111. The van der Waals surface area contributed by atoms with E-state index in [0.717, 1.165) is 10.0 Å². The molecule has 1 aromatic heterocycles. The zero-order valence-corrected chi connectivity index (χ0v) is 14.1. The van der Waals surface area contributed by atoms with Crippen molar-refractivity contribution in [3.05, 3.63) is 74.6 Å². The predicted molar refractivity (Wildman–Crippen MR) is 91.8 cm³/mol. The number of phenols is 1. The maximum Gasteiger partial charge on any atom is 0.336 e. The van der Waals surface area contributed by atoms with E-state index < -0.39 is 11.6 Å². The lowest BCUT2D eigenvalue weighted by atomic mass is 10.1. The van der Waals surface area contributed by atoms with E-state index in [4.69, 9.17) is 9.15 Å². The summed E-state index contributed by atoms with van der Waals surface area (Å²) in [5.74, 6) is -0.396. The van der Waals surface area contributed by atoms with Gasteiger partial charge >= 0.3 is 11.6 Å². The quantitative estimate of drug-likeness (QED) is 0.546. The van der Waals surface area contributed by atoms with Crippen molar-refractivity contribution >= 4 is 32.9 Å². The van der Waals surface area contributed by atoms with Crippen LogP contribution >= 0.6 is 15.9 Å². The van der Waals surface area contributed by atoms with Gasteiger partial charge in [0, 0.05) is 27.6 Å². The third kappa shape index (κ3) is 3.83. The van der Waals surface area contributed by atoms with Gasteiger partial charge in [-0.3, -0.25) is 4.79 Å². The minimum absolute atomic E-state index is 0.00460. The van der Waals surface area contributed by atoms with Crippen molar-refractivity contribution in [3.63, 3.8) is 0 Å². The van der Waals surface area contributed by atoms with E-state index in [1.807, 2.05) is 24.3 Å². The number of hydrogen-bond donors (Lipinski definition) is 1. The number of hydrogen-bond acceptors (Lipinski definition) is 5. The summed E-state index contributed by atoms with van der Waals surface area (Å²) >= 11 is 3.34. The van der Waals surface area contributed by atoms with Crippen LogP contribution in [0, 0.1) is 0 Å². The Hall–Kier alpha value is -2.60. The van der Waals surface area contributed by atoms with Crippen molar-refractivity contribution in [2.24, 2.45) is 0 Å². The predicted octanol–water partition coefficient (Wildman–Crippen LogP) is 3.55. The van der Waals surface area contributed by atoms with E-state index in [1.165, 1.54) is 18.2 Å². The highest BCUT2D eigenvalue weighted by molar-refractivity contribution is 9.10. The average Bonchev–Trinajstić information content (AvgIpc) is 2.54. The number of aromatic hydroxyl groups is 1. The van der Waals surface area contributed by atoms with Crippen LogP contribution in [0.4, 0.5) is 0 Å². The average molecular weight is 389 g/mol. The van der Waals surface area contributed by atoms with Crippen LogP contribution < -0.4 is 5.63 Å². The molecule has 3 aromatic rings. The van der Waals surface area contributed by atoms with Gasteiger partial charge in [-0.15, -0.1) is 0 Å². The SMILES string of the molecule is O=C(Cc1ccc(Br)cc1)OCc1cc(=O)oc2cc(O)ccc12. The van der Waals surface area contributed by atoms with E-state index in [9.17, 15) is 14.7 Å². The standard InChI is InChI=1S/C18H13BrO5/c19-13-3-1-11(2-4-13)7-17(21)23-10-12-8-18(22)24-16-9-14(20)5-6-15(12)16/h1-6,8-9,20H,7,10H2. The van der Waals surface area contributed by atoms with Crippen molar-refractivity contribution in [3.8, 4) is 5.75 Å². The van der Waals surface area contributed by atoms with Crippen LogP contribution in [0.15, 0.2) is 62.2 Å². The molecular weight excluding hydrogens is 376 g/mol. The molecule has 0 aliphatic rings. The van der Waals surface area contributed by atoms with E-state index in [0.29, 0.717) is 10.9 Å². The summed E-state index contributed by atoms with van der Waals surface area (Å²) in [6, 6.07) is 13.1. The third-order valence-corrected chi connectivity index (χ3v) is 3.99. The largest absolute Gasteiger partial charge is 0.508 e. The number of carbonyl (C=O) groups excluding carboxylic acids is 1. The Labute approximate surface area is 145 Å². The van der Waals surface area contributed by atoms with Gasteiger partial charge in [0.2, 0.25) is 0 Å². The van der Waals surface area contributed by atoms with E-state index in [1.54, 1.807) is 6.07 Å². The zero-order chi connectivity index (χ0) is 17.1. The van der Waals surface area contributed by atoms with Crippen LogP contribution in [0.5, 0.6) is 5.75 Å². The lowest BCUT2D eigenvalue weighted by molar-refractivity contribution is -0.144. The molecule has 122 valence electrons. The van der Waals surface area contributed by atoms with Crippen LogP contribution in [-0.2, 0) is 22.6 Å². The second-order valence-corrected chi connectivity index (χ2v) is 6.15. The third-order valence-electron chi connectivity index (χ3n) is 3.46. The molecule has 0 radical (unpaired) electrons. The van der Waals surface area contributed by atoms with E-state index in [2.05, 4.69) is 15.9 Å². The Balaban J connectivity index is 1.74. The fourth-order valence-electron chi connectivity index (χ4n) is 2.32. The number of carbonyl (C=O) groups is 1. The van der Waals surface area contributed by atoms with Gasteiger partial charge < -0.3 is 14.3 Å². The molecule has 0 atom stereocenters. The molecule has 0 fully saturated rings. The molecule has 5 nitrogen and oxygen atoms in total. The molecule has 6 heteroatoms. The molecule has 3 rings (SSSR count). The lowest BCUT2D eigenvalue weighted by Gasteiger charge is -2.07. The highest BCUT2D eigenvalue weighted by atomic mass is 79.9. The summed E-state index contributed by atoms with van der Waals surface area (Å²) in [5.41, 5.74) is 1.06. The summed E-state index contributed by atoms with van der Waals surface area (Å²) in [6.45, 7) is -0.0394. The number of esters is 1. The van der Waals surface area contributed by atoms with Gasteiger partial charge in [0.15, 0.2) is 0 Å². The molecule has 0 amide bonds. The van der Waals surface area contributed by atoms with Gasteiger partial charge in [-0.1, -0.05) is 28.1 Å². The fourth-order valence-corrected chi connectivity index (χ4v) is 2.58. The van der Waals surface area contributed by atoms with Crippen molar-refractivity contribution in [2.75, 3.05) is 0 Å². The minimum Gasteiger partial charge on any atom is -0.508 e. The zero-order valence-electron chi connectivity index (χ0n) is 12.5. The Morgan fingerprint density at radius 2 is 1.88 bits per heavy atom. The second-order valence-electron chi connectivity index (χ2n) is 5.24. The molecule has 0 aliphatic carbocycles. The van der Waals surface area contributed by atoms with Crippen molar-refractivity contribution in [2.45, 2.75) is 13.0 Å². The molecular formula is C18H13BrO5.